The SMILES string of the molecule is FCCC/C=C/[C@H]1CC[C@H](C2CCC(c3cc(F)c(C(F)(F)F)c(F)c3)CC2)CC1. The minimum atomic E-state index is -5.02. The highest BCUT2D eigenvalue weighted by Crippen LogP contribution is 2.45. The van der Waals surface area contributed by atoms with Crippen LogP contribution in [0.15, 0.2) is 24.3 Å². The number of halogens is 6. The molecule has 2 aliphatic rings. The number of hydrogen-bond donors (Lipinski definition) is 0. The van der Waals surface area contributed by atoms with E-state index in [0.717, 1.165) is 69.9 Å². The van der Waals surface area contributed by atoms with Gasteiger partial charge in [-0.3, -0.25) is 4.39 Å². The summed E-state index contributed by atoms with van der Waals surface area (Å²) in [5, 5.41) is 0. The third kappa shape index (κ3) is 5.82. The van der Waals surface area contributed by atoms with E-state index in [0.29, 0.717) is 29.7 Å². The van der Waals surface area contributed by atoms with Gasteiger partial charge in [0.2, 0.25) is 0 Å². The molecule has 30 heavy (non-hydrogen) atoms. The molecule has 1 aromatic carbocycles. The van der Waals surface area contributed by atoms with Gasteiger partial charge in [-0.1, -0.05) is 12.2 Å². The van der Waals surface area contributed by atoms with Crippen LogP contribution in [0, 0.1) is 29.4 Å². The molecular formula is C24H30F6. The number of alkyl halides is 4. The van der Waals surface area contributed by atoms with Gasteiger partial charge in [0.1, 0.15) is 17.2 Å². The molecular weight excluding hydrogens is 402 g/mol. The summed E-state index contributed by atoms with van der Waals surface area (Å²) in [6.45, 7) is -0.272. The molecule has 2 saturated carbocycles. The predicted octanol–water partition coefficient (Wildman–Crippen LogP) is 8.37. The smallest absolute Gasteiger partial charge is 0.251 e. The predicted molar refractivity (Wildman–Crippen MR) is 106 cm³/mol. The first kappa shape index (κ1) is 23.2. The van der Waals surface area contributed by atoms with Crippen LogP contribution in [0.1, 0.15) is 81.3 Å². The van der Waals surface area contributed by atoms with Gasteiger partial charge in [-0.15, -0.1) is 0 Å². The van der Waals surface area contributed by atoms with Crippen molar-refractivity contribution in [2.75, 3.05) is 6.67 Å². The average Bonchev–Trinajstić information content (AvgIpc) is 2.70. The van der Waals surface area contributed by atoms with Crippen molar-refractivity contribution in [3.63, 3.8) is 0 Å². The van der Waals surface area contributed by atoms with E-state index in [2.05, 4.69) is 12.2 Å². The van der Waals surface area contributed by atoms with Crippen LogP contribution in [0.2, 0.25) is 0 Å². The first-order chi connectivity index (χ1) is 14.3. The fourth-order valence-corrected chi connectivity index (χ4v) is 5.32. The van der Waals surface area contributed by atoms with Crippen molar-refractivity contribution < 1.29 is 26.3 Å². The standard InChI is InChI=1S/C24H30F6/c25-13-3-1-2-4-16-5-7-17(8-6-16)18-9-11-19(12-10-18)20-14-21(26)23(22(27)15-20)24(28,29)30/h2,4,14-19H,1,3,5-13H2/b4-2+/t16-,17-,18?,19?. The minimum Gasteiger partial charge on any atom is -0.251 e. The Kier molecular flexibility index (Phi) is 7.92. The molecule has 0 heterocycles. The third-order valence-corrected chi connectivity index (χ3v) is 6.99. The van der Waals surface area contributed by atoms with E-state index in [1.807, 2.05) is 0 Å². The highest BCUT2D eigenvalue weighted by atomic mass is 19.4. The summed E-state index contributed by atoms with van der Waals surface area (Å²) in [7, 11) is 0. The van der Waals surface area contributed by atoms with Crippen molar-refractivity contribution in [2.45, 2.75) is 76.3 Å². The number of benzene rings is 1. The zero-order chi connectivity index (χ0) is 21.7. The molecule has 0 unspecified atom stereocenters. The molecule has 0 aliphatic heterocycles. The van der Waals surface area contributed by atoms with Crippen molar-refractivity contribution in [1.29, 1.82) is 0 Å². The van der Waals surface area contributed by atoms with Gasteiger partial charge in [0, 0.05) is 0 Å². The minimum absolute atomic E-state index is 0.0812. The van der Waals surface area contributed by atoms with E-state index in [1.165, 1.54) is 0 Å². The summed E-state index contributed by atoms with van der Waals surface area (Å²) in [6, 6.07) is 1.74. The molecule has 1 aromatic rings. The fourth-order valence-electron chi connectivity index (χ4n) is 5.32. The summed E-state index contributed by atoms with van der Waals surface area (Å²) >= 11 is 0. The van der Waals surface area contributed by atoms with Crippen LogP contribution in [-0.4, -0.2) is 6.67 Å². The Hall–Kier alpha value is -1.46. The Bertz CT molecular complexity index is 684. The largest absolute Gasteiger partial charge is 0.422 e. The Morgan fingerprint density at radius 2 is 1.37 bits per heavy atom. The van der Waals surface area contributed by atoms with Gasteiger partial charge in [-0.2, -0.15) is 13.2 Å². The molecule has 0 spiro atoms. The third-order valence-electron chi connectivity index (χ3n) is 6.99. The second-order valence-corrected chi connectivity index (χ2v) is 8.90. The lowest BCUT2D eigenvalue weighted by Gasteiger charge is -2.37. The topological polar surface area (TPSA) is 0 Å². The lowest BCUT2D eigenvalue weighted by atomic mass is 9.68. The van der Waals surface area contributed by atoms with Crippen molar-refractivity contribution >= 4 is 0 Å². The zero-order valence-corrected chi connectivity index (χ0v) is 17.2. The molecule has 168 valence electrons. The van der Waals surface area contributed by atoms with Gasteiger partial charge in [0.25, 0.3) is 0 Å². The molecule has 0 amide bonds. The molecule has 0 aromatic heterocycles. The molecule has 0 N–H and O–H groups in total. The van der Waals surface area contributed by atoms with Gasteiger partial charge >= 0.3 is 6.18 Å². The van der Waals surface area contributed by atoms with Gasteiger partial charge in [0.15, 0.2) is 0 Å². The van der Waals surface area contributed by atoms with Crippen molar-refractivity contribution in [3.8, 4) is 0 Å². The van der Waals surface area contributed by atoms with E-state index in [4.69, 9.17) is 0 Å². The van der Waals surface area contributed by atoms with Crippen LogP contribution >= 0.6 is 0 Å². The number of allylic oxidation sites excluding steroid dienone is 2. The van der Waals surface area contributed by atoms with Gasteiger partial charge in [-0.05, 0) is 106 Å². The molecule has 6 heteroatoms. The number of unbranched alkanes of at least 4 members (excludes halogenated alkanes) is 1. The quantitative estimate of drug-likeness (QED) is 0.241. The number of hydrogen-bond acceptors (Lipinski definition) is 0. The maximum Gasteiger partial charge on any atom is 0.422 e. The second-order valence-electron chi connectivity index (χ2n) is 8.90. The van der Waals surface area contributed by atoms with Crippen LogP contribution < -0.4 is 0 Å². The average molecular weight is 432 g/mol. The highest BCUT2D eigenvalue weighted by Gasteiger charge is 2.39. The van der Waals surface area contributed by atoms with E-state index in [-0.39, 0.29) is 12.6 Å². The lowest BCUT2D eigenvalue weighted by molar-refractivity contribution is -0.142. The van der Waals surface area contributed by atoms with Gasteiger partial charge in [-0.25, -0.2) is 8.78 Å². The maximum atomic E-state index is 13.9. The van der Waals surface area contributed by atoms with E-state index < -0.39 is 23.4 Å². The summed E-state index contributed by atoms with van der Waals surface area (Å²) in [4.78, 5) is 0. The summed E-state index contributed by atoms with van der Waals surface area (Å²) in [6.07, 6.45) is 8.74. The van der Waals surface area contributed by atoms with Crippen LogP contribution in [0.3, 0.4) is 0 Å². The summed E-state index contributed by atoms with van der Waals surface area (Å²) in [5.41, 5.74) is -1.45. The highest BCUT2D eigenvalue weighted by molar-refractivity contribution is 5.30. The Labute approximate surface area is 174 Å². The van der Waals surface area contributed by atoms with Crippen LogP contribution in [0.25, 0.3) is 0 Å². The molecule has 2 aliphatic carbocycles. The molecule has 0 bridgehead atoms. The zero-order valence-electron chi connectivity index (χ0n) is 17.2. The van der Waals surface area contributed by atoms with E-state index >= 15 is 0 Å². The van der Waals surface area contributed by atoms with Crippen LogP contribution in [0.5, 0.6) is 0 Å². The molecule has 0 radical (unpaired) electrons. The van der Waals surface area contributed by atoms with E-state index in [9.17, 15) is 26.3 Å². The molecule has 0 saturated heterocycles. The Morgan fingerprint density at radius 3 is 1.87 bits per heavy atom. The molecule has 0 nitrogen and oxygen atoms in total. The van der Waals surface area contributed by atoms with Crippen LogP contribution in [0.4, 0.5) is 26.3 Å². The summed E-state index contributed by atoms with van der Waals surface area (Å²) < 4.78 is 78.3. The second kappa shape index (κ2) is 10.2. The van der Waals surface area contributed by atoms with E-state index in [1.54, 1.807) is 0 Å². The van der Waals surface area contributed by atoms with Crippen LogP contribution in [-0.2, 0) is 6.18 Å². The Balaban J connectivity index is 1.51. The molecule has 3 rings (SSSR count). The van der Waals surface area contributed by atoms with Crippen molar-refractivity contribution in [3.05, 3.63) is 47.0 Å². The monoisotopic (exact) mass is 432 g/mol. The van der Waals surface area contributed by atoms with Gasteiger partial charge < -0.3 is 0 Å². The first-order valence-corrected chi connectivity index (χ1v) is 11.1. The summed E-state index contributed by atoms with van der Waals surface area (Å²) in [5.74, 6) is -1.29. The molecule has 2 fully saturated rings. The lowest BCUT2D eigenvalue weighted by Crippen LogP contribution is -2.25. The van der Waals surface area contributed by atoms with Gasteiger partial charge in [0.05, 0.1) is 6.67 Å². The molecule has 0 atom stereocenters. The number of rotatable bonds is 6. The maximum absolute atomic E-state index is 13.9. The fraction of sp³-hybridized carbons (Fsp3) is 0.667. The Morgan fingerprint density at radius 1 is 0.833 bits per heavy atom. The van der Waals surface area contributed by atoms with Crippen molar-refractivity contribution in [1.82, 2.24) is 0 Å². The van der Waals surface area contributed by atoms with Crippen molar-refractivity contribution in [2.24, 2.45) is 17.8 Å². The normalized spacial score (nSPS) is 28.2. The first-order valence-electron chi connectivity index (χ1n) is 11.1.